The molecule has 0 aromatic carbocycles. The van der Waals surface area contributed by atoms with E-state index in [2.05, 4.69) is 6.92 Å². The number of unbranched alkanes of at least 4 members (excludes halogenated alkanes) is 8. The summed E-state index contributed by atoms with van der Waals surface area (Å²) in [4.78, 5) is 10.6. The first-order valence-corrected chi connectivity index (χ1v) is 6.84. The first-order chi connectivity index (χ1) is 7.77. The van der Waals surface area contributed by atoms with Crippen molar-refractivity contribution in [1.82, 2.24) is 0 Å². The van der Waals surface area contributed by atoms with E-state index in [9.17, 15) is 4.79 Å². The number of rotatable bonds is 12. The van der Waals surface area contributed by atoms with Crippen LogP contribution in [-0.2, 0) is 9.53 Å². The average Bonchev–Trinajstić information content (AvgIpc) is 2.25. The van der Waals surface area contributed by atoms with Crippen LogP contribution in [0.2, 0.25) is 0 Å². The summed E-state index contributed by atoms with van der Waals surface area (Å²) in [6, 6.07) is 0. The van der Waals surface area contributed by atoms with Gasteiger partial charge in [-0.3, -0.25) is 4.79 Å². The van der Waals surface area contributed by atoms with Gasteiger partial charge >= 0.3 is 0 Å². The monoisotopic (exact) mass is 228 g/mol. The minimum absolute atomic E-state index is 0.121. The predicted molar refractivity (Wildman–Crippen MR) is 68.7 cm³/mol. The van der Waals surface area contributed by atoms with Crippen molar-refractivity contribution in [3.63, 3.8) is 0 Å². The van der Waals surface area contributed by atoms with Crippen molar-refractivity contribution >= 4 is 5.78 Å². The van der Waals surface area contributed by atoms with Crippen LogP contribution in [0.25, 0.3) is 0 Å². The van der Waals surface area contributed by atoms with Crippen LogP contribution < -0.4 is 0 Å². The van der Waals surface area contributed by atoms with Gasteiger partial charge in [-0.05, 0) is 13.3 Å². The molecule has 2 heteroatoms. The molecule has 16 heavy (non-hydrogen) atoms. The molecule has 0 unspecified atom stereocenters. The molecule has 0 aromatic heterocycles. The summed E-state index contributed by atoms with van der Waals surface area (Å²) < 4.78 is 5.21. The molecule has 0 bridgehead atoms. The minimum atomic E-state index is 0.121. The molecule has 0 aliphatic heterocycles. The summed E-state index contributed by atoms with van der Waals surface area (Å²) in [6.07, 6.45) is 11.9. The van der Waals surface area contributed by atoms with Gasteiger partial charge in [0.15, 0.2) is 5.78 Å². The first-order valence-electron chi connectivity index (χ1n) is 6.84. The molecule has 0 amide bonds. The third-order valence-corrected chi connectivity index (χ3v) is 2.70. The second-order valence-electron chi connectivity index (χ2n) is 4.58. The van der Waals surface area contributed by atoms with E-state index in [-0.39, 0.29) is 12.4 Å². The number of Topliss-reactive ketones (excluding diaryl/α,β-unsaturated/α-hetero) is 1. The fraction of sp³-hybridized carbons (Fsp3) is 0.929. The number of carbonyl (C=O) groups excluding carboxylic acids is 1. The highest BCUT2D eigenvalue weighted by Gasteiger charge is 1.94. The van der Waals surface area contributed by atoms with Crippen molar-refractivity contribution < 1.29 is 9.53 Å². The molecule has 2 nitrogen and oxygen atoms in total. The summed E-state index contributed by atoms with van der Waals surface area (Å²) in [7, 11) is 0. The molecule has 0 N–H and O–H groups in total. The second-order valence-corrected chi connectivity index (χ2v) is 4.58. The first kappa shape index (κ1) is 15.6. The molecule has 0 saturated heterocycles. The van der Waals surface area contributed by atoms with Crippen LogP contribution in [0.5, 0.6) is 0 Å². The van der Waals surface area contributed by atoms with Crippen LogP contribution in [0.1, 0.15) is 71.6 Å². The van der Waals surface area contributed by atoms with E-state index in [4.69, 9.17) is 4.74 Å². The minimum Gasteiger partial charge on any atom is -0.374 e. The Morgan fingerprint density at radius 2 is 1.38 bits per heavy atom. The van der Waals surface area contributed by atoms with Crippen LogP contribution >= 0.6 is 0 Å². The maximum absolute atomic E-state index is 10.6. The van der Waals surface area contributed by atoms with Gasteiger partial charge in [-0.1, -0.05) is 58.3 Å². The zero-order valence-electron chi connectivity index (χ0n) is 11.1. The van der Waals surface area contributed by atoms with Crippen LogP contribution in [0.4, 0.5) is 0 Å². The molecule has 0 aromatic rings. The number of ketones is 1. The summed E-state index contributed by atoms with van der Waals surface area (Å²) in [5.74, 6) is 0.121. The lowest BCUT2D eigenvalue weighted by Gasteiger charge is -2.02. The number of ether oxygens (including phenoxy) is 1. The van der Waals surface area contributed by atoms with E-state index in [1.807, 2.05) is 0 Å². The molecule has 0 spiro atoms. The Morgan fingerprint density at radius 1 is 0.875 bits per heavy atom. The van der Waals surface area contributed by atoms with Crippen LogP contribution in [0.3, 0.4) is 0 Å². The van der Waals surface area contributed by atoms with Crippen LogP contribution in [-0.4, -0.2) is 19.0 Å². The van der Waals surface area contributed by atoms with Gasteiger partial charge < -0.3 is 4.74 Å². The van der Waals surface area contributed by atoms with Crippen molar-refractivity contribution in [3.05, 3.63) is 0 Å². The van der Waals surface area contributed by atoms with E-state index in [1.165, 1.54) is 51.4 Å². The standard InChI is InChI=1S/C14H28O2/c1-3-4-5-6-7-8-9-10-11-12-16-13-14(2)15/h3-13H2,1-2H3. The molecular weight excluding hydrogens is 200 g/mol. The second kappa shape index (κ2) is 12.7. The van der Waals surface area contributed by atoms with Crippen molar-refractivity contribution in [2.24, 2.45) is 0 Å². The largest absolute Gasteiger partial charge is 0.374 e. The van der Waals surface area contributed by atoms with Crippen molar-refractivity contribution in [1.29, 1.82) is 0 Å². The van der Waals surface area contributed by atoms with E-state index >= 15 is 0 Å². The Labute approximate surface area is 101 Å². The summed E-state index contributed by atoms with van der Waals surface area (Å²) in [6.45, 7) is 4.85. The maximum Gasteiger partial charge on any atom is 0.155 e. The van der Waals surface area contributed by atoms with Crippen molar-refractivity contribution in [2.45, 2.75) is 71.6 Å². The Morgan fingerprint density at radius 3 is 1.88 bits per heavy atom. The molecule has 0 saturated carbocycles. The van der Waals surface area contributed by atoms with Crippen LogP contribution in [0.15, 0.2) is 0 Å². The number of hydrogen-bond donors (Lipinski definition) is 0. The Balaban J connectivity index is 2.90. The topological polar surface area (TPSA) is 26.3 Å². The van der Waals surface area contributed by atoms with Gasteiger partial charge in [0.1, 0.15) is 6.61 Å². The smallest absolute Gasteiger partial charge is 0.155 e. The maximum atomic E-state index is 10.6. The molecular formula is C14H28O2. The van der Waals surface area contributed by atoms with Gasteiger partial charge in [-0.25, -0.2) is 0 Å². The lowest BCUT2D eigenvalue weighted by molar-refractivity contribution is -0.121. The highest BCUT2D eigenvalue weighted by atomic mass is 16.5. The molecule has 96 valence electrons. The molecule has 0 radical (unpaired) electrons. The lowest BCUT2D eigenvalue weighted by Crippen LogP contribution is -2.04. The molecule has 0 aliphatic rings. The zero-order valence-corrected chi connectivity index (χ0v) is 11.1. The molecule has 0 aliphatic carbocycles. The Bertz CT molecular complexity index is 155. The molecule has 0 fully saturated rings. The lowest BCUT2D eigenvalue weighted by atomic mass is 10.1. The van der Waals surface area contributed by atoms with E-state index < -0.39 is 0 Å². The van der Waals surface area contributed by atoms with Crippen LogP contribution in [0, 0.1) is 0 Å². The van der Waals surface area contributed by atoms with Gasteiger partial charge in [0.25, 0.3) is 0 Å². The van der Waals surface area contributed by atoms with E-state index in [0.29, 0.717) is 0 Å². The van der Waals surface area contributed by atoms with Gasteiger partial charge in [0.05, 0.1) is 0 Å². The third kappa shape index (κ3) is 13.6. The zero-order chi connectivity index (χ0) is 12.1. The fourth-order valence-corrected chi connectivity index (χ4v) is 1.73. The van der Waals surface area contributed by atoms with Crippen molar-refractivity contribution in [3.8, 4) is 0 Å². The highest BCUT2D eigenvalue weighted by molar-refractivity contribution is 5.76. The summed E-state index contributed by atoms with van der Waals surface area (Å²) >= 11 is 0. The van der Waals surface area contributed by atoms with Crippen molar-refractivity contribution in [2.75, 3.05) is 13.2 Å². The van der Waals surface area contributed by atoms with E-state index in [0.717, 1.165) is 13.0 Å². The number of carbonyl (C=O) groups is 1. The Hall–Kier alpha value is -0.370. The number of hydrogen-bond acceptors (Lipinski definition) is 2. The summed E-state index contributed by atoms with van der Waals surface area (Å²) in [5.41, 5.74) is 0. The SMILES string of the molecule is CCCCCCCCCCCOCC(C)=O. The fourth-order valence-electron chi connectivity index (χ4n) is 1.73. The van der Waals surface area contributed by atoms with Gasteiger partial charge in [-0.15, -0.1) is 0 Å². The average molecular weight is 228 g/mol. The Kier molecular flexibility index (Phi) is 12.4. The van der Waals surface area contributed by atoms with Gasteiger partial charge in [0, 0.05) is 6.61 Å². The van der Waals surface area contributed by atoms with Gasteiger partial charge in [0.2, 0.25) is 0 Å². The molecule has 0 rings (SSSR count). The van der Waals surface area contributed by atoms with Gasteiger partial charge in [-0.2, -0.15) is 0 Å². The normalized spacial score (nSPS) is 10.6. The highest BCUT2D eigenvalue weighted by Crippen LogP contribution is 2.09. The predicted octanol–water partition coefficient (Wildman–Crippen LogP) is 4.12. The molecule has 0 atom stereocenters. The molecule has 0 heterocycles. The summed E-state index contributed by atoms with van der Waals surface area (Å²) in [5, 5.41) is 0. The quantitative estimate of drug-likeness (QED) is 0.470. The third-order valence-electron chi connectivity index (χ3n) is 2.70. The van der Waals surface area contributed by atoms with E-state index in [1.54, 1.807) is 6.92 Å².